The van der Waals surface area contributed by atoms with E-state index in [1.807, 2.05) is 18.2 Å². The van der Waals surface area contributed by atoms with Crippen molar-refractivity contribution >= 4 is 11.8 Å². The summed E-state index contributed by atoms with van der Waals surface area (Å²) in [5.41, 5.74) is 1.13. The number of para-hydroxylation sites is 1. The fourth-order valence-corrected chi connectivity index (χ4v) is 2.91. The Balaban J connectivity index is 1.91. The summed E-state index contributed by atoms with van der Waals surface area (Å²) in [7, 11) is 0. The Morgan fingerprint density at radius 2 is 2.00 bits per heavy atom. The molecule has 1 aliphatic rings. The van der Waals surface area contributed by atoms with Gasteiger partial charge in [-0.05, 0) is 31.4 Å². The van der Waals surface area contributed by atoms with E-state index < -0.39 is 0 Å². The number of hydrogen-bond acceptors (Lipinski definition) is 4. The predicted octanol–water partition coefficient (Wildman–Crippen LogP) is 2.62. The summed E-state index contributed by atoms with van der Waals surface area (Å²) in [5, 5.41) is 18.5. The van der Waals surface area contributed by atoms with Gasteiger partial charge in [0.05, 0.1) is 0 Å². The standard InChI is InChI=1S/C14H17N3OS/c18-9-4-10-19-14-16-15-13(11-7-8-11)17(14)12-5-2-1-3-6-12/h1-3,5-6,11,18H,4,7-10H2. The molecule has 1 fully saturated rings. The molecule has 0 atom stereocenters. The number of benzene rings is 1. The highest BCUT2D eigenvalue weighted by Crippen LogP contribution is 2.41. The van der Waals surface area contributed by atoms with Crippen LogP contribution in [0.2, 0.25) is 0 Å². The van der Waals surface area contributed by atoms with E-state index in [1.54, 1.807) is 11.8 Å². The molecule has 3 rings (SSSR count). The second kappa shape index (κ2) is 5.75. The molecular weight excluding hydrogens is 258 g/mol. The second-order valence-electron chi connectivity index (χ2n) is 4.71. The van der Waals surface area contributed by atoms with Crippen molar-refractivity contribution in [1.29, 1.82) is 0 Å². The van der Waals surface area contributed by atoms with Crippen LogP contribution in [0.3, 0.4) is 0 Å². The molecule has 0 amide bonds. The number of aliphatic hydroxyl groups excluding tert-OH is 1. The summed E-state index contributed by atoms with van der Waals surface area (Å²) >= 11 is 1.66. The first-order valence-corrected chi connectivity index (χ1v) is 7.63. The lowest BCUT2D eigenvalue weighted by Gasteiger charge is -2.09. The van der Waals surface area contributed by atoms with Gasteiger partial charge in [0.25, 0.3) is 0 Å². The number of rotatable bonds is 6. The third-order valence-electron chi connectivity index (χ3n) is 3.15. The van der Waals surface area contributed by atoms with Crippen LogP contribution in [0.4, 0.5) is 0 Å². The maximum Gasteiger partial charge on any atom is 0.195 e. The number of aromatic nitrogens is 3. The van der Waals surface area contributed by atoms with Crippen molar-refractivity contribution in [1.82, 2.24) is 14.8 Å². The Hall–Kier alpha value is -1.33. The van der Waals surface area contributed by atoms with Crippen molar-refractivity contribution in [3.8, 4) is 5.69 Å². The Labute approximate surface area is 116 Å². The minimum atomic E-state index is 0.224. The summed E-state index contributed by atoms with van der Waals surface area (Å²) in [6.07, 6.45) is 3.21. The molecule has 0 radical (unpaired) electrons. The molecule has 0 bridgehead atoms. The van der Waals surface area contributed by atoms with Gasteiger partial charge in [0.2, 0.25) is 0 Å². The summed E-state index contributed by atoms with van der Waals surface area (Å²) in [6, 6.07) is 10.3. The molecule has 0 spiro atoms. The molecule has 0 unspecified atom stereocenters. The van der Waals surface area contributed by atoms with Gasteiger partial charge in [0, 0.05) is 24.0 Å². The maximum atomic E-state index is 8.88. The van der Waals surface area contributed by atoms with Gasteiger partial charge >= 0.3 is 0 Å². The van der Waals surface area contributed by atoms with Gasteiger partial charge in [0.1, 0.15) is 5.82 Å². The Bertz CT molecular complexity index is 537. The van der Waals surface area contributed by atoms with Crippen molar-refractivity contribution in [2.24, 2.45) is 0 Å². The van der Waals surface area contributed by atoms with Crippen molar-refractivity contribution in [3.05, 3.63) is 36.2 Å². The highest BCUT2D eigenvalue weighted by molar-refractivity contribution is 7.99. The average molecular weight is 275 g/mol. The molecule has 1 N–H and O–H groups in total. The number of aliphatic hydroxyl groups is 1. The molecule has 0 aliphatic heterocycles. The molecule has 0 saturated heterocycles. The first-order chi connectivity index (χ1) is 9.40. The maximum absolute atomic E-state index is 8.88. The smallest absolute Gasteiger partial charge is 0.195 e. The fraction of sp³-hybridized carbons (Fsp3) is 0.429. The van der Waals surface area contributed by atoms with Crippen LogP contribution in [0.25, 0.3) is 5.69 Å². The molecule has 100 valence electrons. The highest BCUT2D eigenvalue weighted by Gasteiger charge is 2.30. The van der Waals surface area contributed by atoms with E-state index in [-0.39, 0.29) is 6.61 Å². The molecule has 1 heterocycles. The largest absolute Gasteiger partial charge is 0.396 e. The first kappa shape index (κ1) is 12.7. The zero-order valence-electron chi connectivity index (χ0n) is 10.7. The number of nitrogens with zero attached hydrogens (tertiary/aromatic N) is 3. The second-order valence-corrected chi connectivity index (χ2v) is 5.77. The number of thioether (sulfide) groups is 1. The summed E-state index contributed by atoms with van der Waals surface area (Å²) < 4.78 is 2.17. The van der Waals surface area contributed by atoms with Crippen LogP contribution in [0.1, 0.15) is 31.0 Å². The van der Waals surface area contributed by atoms with E-state index >= 15 is 0 Å². The minimum absolute atomic E-state index is 0.224. The Morgan fingerprint density at radius 3 is 2.68 bits per heavy atom. The van der Waals surface area contributed by atoms with E-state index in [1.165, 1.54) is 12.8 Å². The fourth-order valence-electron chi connectivity index (χ4n) is 2.03. The zero-order chi connectivity index (χ0) is 13.1. The summed E-state index contributed by atoms with van der Waals surface area (Å²) in [6.45, 7) is 0.224. The summed E-state index contributed by atoms with van der Waals surface area (Å²) in [5.74, 6) is 2.52. The first-order valence-electron chi connectivity index (χ1n) is 6.64. The van der Waals surface area contributed by atoms with E-state index in [0.717, 1.165) is 28.8 Å². The lowest BCUT2D eigenvalue weighted by molar-refractivity contribution is 0.296. The summed E-state index contributed by atoms with van der Waals surface area (Å²) in [4.78, 5) is 0. The van der Waals surface area contributed by atoms with Gasteiger partial charge in [-0.1, -0.05) is 30.0 Å². The van der Waals surface area contributed by atoms with E-state index in [0.29, 0.717) is 5.92 Å². The normalized spacial score (nSPS) is 14.8. The third-order valence-corrected chi connectivity index (χ3v) is 4.16. The minimum Gasteiger partial charge on any atom is -0.396 e. The van der Waals surface area contributed by atoms with Crippen LogP contribution in [-0.2, 0) is 0 Å². The monoisotopic (exact) mass is 275 g/mol. The van der Waals surface area contributed by atoms with E-state index in [4.69, 9.17) is 5.11 Å². The molecule has 2 aromatic rings. The Morgan fingerprint density at radius 1 is 1.21 bits per heavy atom. The van der Waals surface area contributed by atoms with Crippen LogP contribution in [0, 0.1) is 0 Å². The molecule has 1 aromatic heterocycles. The van der Waals surface area contributed by atoms with Crippen molar-refractivity contribution in [2.75, 3.05) is 12.4 Å². The van der Waals surface area contributed by atoms with Gasteiger partial charge in [-0.25, -0.2) is 0 Å². The van der Waals surface area contributed by atoms with Gasteiger partial charge in [-0.3, -0.25) is 4.57 Å². The van der Waals surface area contributed by atoms with E-state index in [9.17, 15) is 0 Å². The molecule has 1 saturated carbocycles. The van der Waals surface area contributed by atoms with Crippen LogP contribution < -0.4 is 0 Å². The van der Waals surface area contributed by atoms with Crippen LogP contribution >= 0.6 is 11.8 Å². The number of hydrogen-bond donors (Lipinski definition) is 1. The molecular formula is C14H17N3OS. The molecule has 5 heteroatoms. The van der Waals surface area contributed by atoms with Crippen LogP contribution in [0.15, 0.2) is 35.5 Å². The van der Waals surface area contributed by atoms with Crippen molar-refractivity contribution < 1.29 is 5.11 Å². The van der Waals surface area contributed by atoms with Gasteiger partial charge in [-0.15, -0.1) is 10.2 Å². The van der Waals surface area contributed by atoms with Crippen LogP contribution in [-0.4, -0.2) is 32.2 Å². The van der Waals surface area contributed by atoms with E-state index in [2.05, 4.69) is 26.9 Å². The lowest BCUT2D eigenvalue weighted by Crippen LogP contribution is -2.02. The predicted molar refractivity (Wildman–Crippen MR) is 75.8 cm³/mol. The molecule has 1 aromatic carbocycles. The van der Waals surface area contributed by atoms with Gasteiger partial charge in [0.15, 0.2) is 5.16 Å². The molecule has 1 aliphatic carbocycles. The van der Waals surface area contributed by atoms with Crippen LogP contribution in [0.5, 0.6) is 0 Å². The van der Waals surface area contributed by atoms with Gasteiger partial charge in [-0.2, -0.15) is 0 Å². The van der Waals surface area contributed by atoms with Crippen molar-refractivity contribution in [2.45, 2.75) is 30.3 Å². The topological polar surface area (TPSA) is 50.9 Å². The van der Waals surface area contributed by atoms with Crippen molar-refractivity contribution in [3.63, 3.8) is 0 Å². The van der Waals surface area contributed by atoms with Gasteiger partial charge < -0.3 is 5.11 Å². The highest BCUT2D eigenvalue weighted by atomic mass is 32.2. The quantitative estimate of drug-likeness (QED) is 0.650. The zero-order valence-corrected chi connectivity index (χ0v) is 11.5. The average Bonchev–Trinajstić information content (AvgIpc) is 3.21. The SMILES string of the molecule is OCCCSc1nnc(C2CC2)n1-c1ccccc1. The molecule has 19 heavy (non-hydrogen) atoms. The third kappa shape index (κ3) is 2.82. The lowest BCUT2D eigenvalue weighted by atomic mass is 10.3. The Kier molecular flexibility index (Phi) is 3.84. The molecule has 4 nitrogen and oxygen atoms in total.